The predicted molar refractivity (Wildman–Crippen MR) is 51.1 cm³/mol. The lowest BCUT2D eigenvalue weighted by Gasteiger charge is -2.09. The van der Waals surface area contributed by atoms with E-state index < -0.39 is 0 Å². The lowest BCUT2D eigenvalue weighted by atomic mass is 10.5. The zero-order valence-corrected chi connectivity index (χ0v) is 8.13. The largest absolute Gasteiger partial charge is 0.363 e. The molecule has 1 rings (SSSR count). The Bertz CT molecular complexity index is 308. The zero-order chi connectivity index (χ0) is 8.43. The summed E-state index contributed by atoms with van der Waals surface area (Å²) in [4.78, 5) is 16.6. The van der Waals surface area contributed by atoms with E-state index in [1.165, 1.54) is 4.57 Å². The van der Waals surface area contributed by atoms with Gasteiger partial charge >= 0.3 is 5.69 Å². The van der Waals surface area contributed by atoms with E-state index in [9.17, 15) is 4.79 Å². The molecule has 12 heavy (non-hydrogen) atoms. The lowest BCUT2D eigenvalue weighted by Crippen LogP contribution is -2.23. The molecule has 5 heteroatoms. The highest BCUT2D eigenvalue weighted by molar-refractivity contribution is 5.85. The van der Waals surface area contributed by atoms with Gasteiger partial charge in [-0.15, -0.1) is 12.4 Å². The number of aromatic nitrogens is 2. The van der Waals surface area contributed by atoms with Crippen molar-refractivity contribution in [1.82, 2.24) is 9.55 Å². The van der Waals surface area contributed by atoms with Gasteiger partial charge in [0.05, 0.1) is 0 Å². The van der Waals surface area contributed by atoms with Crippen LogP contribution in [0.15, 0.2) is 17.1 Å². The van der Waals surface area contributed by atoms with Crippen molar-refractivity contribution < 1.29 is 0 Å². The molecule has 68 valence electrons. The van der Waals surface area contributed by atoms with Crippen molar-refractivity contribution in [3.8, 4) is 0 Å². The third-order valence-electron chi connectivity index (χ3n) is 1.42. The molecule has 0 aliphatic rings. The van der Waals surface area contributed by atoms with Gasteiger partial charge in [-0.25, -0.2) is 4.79 Å². The van der Waals surface area contributed by atoms with Crippen LogP contribution >= 0.6 is 12.4 Å². The number of halogens is 1. The summed E-state index contributed by atoms with van der Waals surface area (Å²) < 4.78 is 1.44. The van der Waals surface area contributed by atoms with Gasteiger partial charge in [-0.1, -0.05) is 0 Å². The molecule has 4 nitrogen and oxygen atoms in total. The molecule has 0 fully saturated rings. The van der Waals surface area contributed by atoms with Crippen molar-refractivity contribution in [2.24, 2.45) is 7.05 Å². The van der Waals surface area contributed by atoms with Gasteiger partial charge in [0, 0.05) is 27.3 Å². The van der Waals surface area contributed by atoms with E-state index in [4.69, 9.17) is 0 Å². The topological polar surface area (TPSA) is 38.1 Å². The van der Waals surface area contributed by atoms with Gasteiger partial charge in [-0.05, 0) is 6.07 Å². The van der Waals surface area contributed by atoms with Crippen molar-refractivity contribution in [3.05, 3.63) is 22.7 Å². The van der Waals surface area contributed by atoms with E-state index in [-0.39, 0.29) is 18.1 Å². The smallest absolute Gasteiger partial charge is 0.349 e. The first kappa shape index (κ1) is 11.0. The Morgan fingerprint density at radius 2 is 2.08 bits per heavy atom. The average molecular weight is 190 g/mol. The minimum absolute atomic E-state index is 0. The van der Waals surface area contributed by atoms with Crippen LogP contribution in [0.5, 0.6) is 0 Å². The van der Waals surface area contributed by atoms with Gasteiger partial charge in [0.25, 0.3) is 0 Å². The van der Waals surface area contributed by atoms with Crippen molar-refractivity contribution in [2.45, 2.75) is 0 Å². The van der Waals surface area contributed by atoms with Gasteiger partial charge in [0.2, 0.25) is 0 Å². The molecule has 0 atom stereocenters. The first-order chi connectivity index (χ1) is 5.11. The second-order valence-electron chi connectivity index (χ2n) is 2.57. The van der Waals surface area contributed by atoms with Crippen LogP contribution in [0.3, 0.4) is 0 Å². The summed E-state index contributed by atoms with van der Waals surface area (Å²) in [7, 11) is 5.37. The fraction of sp³-hybridized carbons (Fsp3) is 0.429. The van der Waals surface area contributed by atoms with E-state index in [2.05, 4.69) is 4.98 Å². The quantitative estimate of drug-likeness (QED) is 0.637. The number of aryl methyl sites for hydroxylation is 1. The molecule has 0 spiro atoms. The standard InChI is InChI=1S/C7H11N3O.ClH/c1-9(2)6-4-5-10(3)7(11)8-6;/h4-5H,1-3H3;1H. The van der Waals surface area contributed by atoms with Crippen LogP contribution in [0, 0.1) is 0 Å². The molecule has 0 aliphatic carbocycles. The average Bonchev–Trinajstić information content (AvgIpc) is 1.94. The normalized spacial score (nSPS) is 8.92. The summed E-state index contributed by atoms with van der Waals surface area (Å²) in [5.41, 5.74) is -0.226. The molecule has 0 radical (unpaired) electrons. The SMILES string of the molecule is CN(C)c1ccn(C)c(=O)n1.Cl. The van der Waals surface area contributed by atoms with Gasteiger partial charge in [0.1, 0.15) is 5.82 Å². The first-order valence-electron chi connectivity index (χ1n) is 3.32. The predicted octanol–water partition coefficient (Wildman–Crippen LogP) is 0.268. The lowest BCUT2D eigenvalue weighted by molar-refractivity contribution is 0.803. The van der Waals surface area contributed by atoms with Gasteiger partial charge < -0.3 is 9.47 Å². The molecule has 0 saturated carbocycles. The van der Waals surface area contributed by atoms with E-state index in [1.54, 1.807) is 24.2 Å². The third-order valence-corrected chi connectivity index (χ3v) is 1.42. The molecule has 0 saturated heterocycles. The number of hydrogen-bond acceptors (Lipinski definition) is 3. The fourth-order valence-corrected chi connectivity index (χ4v) is 0.705. The van der Waals surface area contributed by atoms with Gasteiger partial charge in [0.15, 0.2) is 0 Å². The highest BCUT2D eigenvalue weighted by Crippen LogP contribution is 1.99. The molecule has 0 amide bonds. The maximum atomic E-state index is 11.0. The van der Waals surface area contributed by atoms with Crippen LogP contribution < -0.4 is 10.6 Å². The zero-order valence-electron chi connectivity index (χ0n) is 7.31. The van der Waals surface area contributed by atoms with Crippen molar-refractivity contribution in [1.29, 1.82) is 0 Å². The van der Waals surface area contributed by atoms with Crippen molar-refractivity contribution >= 4 is 18.2 Å². The van der Waals surface area contributed by atoms with Gasteiger partial charge in [-0.2, -0.15) is 4.98 Å². The van der Waals surface area contributed by atoms with Crippen LogP contribution in [-0.2, 0) is 7.05 Å². The van der Waals surface area contributed by atoms with Crippen molar-refractivity contribution in [2.75, 3.05) is 19.0 Å². The van der Waals surface area contributed by atoms with Crippen LogP contribution in [-0.4, -0.2) is 23.6 Å². The summed E-state index contributed by atoms with van der Waals surface area (Å²) in [6.07, 6.45) is 1.70. The Balaban J connectivity index is 0.00000121. The second kappa shape index (κ2) is 4.11. The number of anilines is 1. The summed E-state index contributed by atoms with van der Waals surface area (Å²) in [5.74, 6) is 0.688. The molecule has 1 heterocycles. The van der Waals surface area contributed by atoms with E-state index in [0.717, 1.165) is 0 Å². The Morgan fingerprint density at radius 3 is 2.50 bits per heavy atom. The molecule has 1 aromatic heterocycles. The molecule has 1 aromatic rings. The highest BCUT2D eigenvalue weighted by atomic mass is 35.5. The Kier molecular flexibility index (Phi) is 3.76. The third kappa shape index (κ3) is 2.23. The van der Waals surface area contributed by atoms with Crippen LogP contribution in [0.1, 0.15) is 0 Å². The molecule has 0 unspecified atom stereocenters. The molecule has 0 bridgehead atoms. The van der Waals surface area contributed by atoms with E-state index >= 15 is 0 Å². The molecule has 0 N–H and O–H groups in total. The van der Waals surface area contributed by atoms with Crippen molar-refractivity contribution in [3.63, 3.8) is 0 Å². The minimum atomic E-state index is -0.226. The van der Waals surface area contributed by atoms with Crippen LogP contribution in [0.2, 0.25) is 0 Å². The summed E-state index contributed by atoms with van der Waals surface area (Å²) in [6, 6.07) is 1.79. The maximum absolute atomic E-state index is 11.0. The molecule has 0 aliphatic heterocycles. The number of hydrogen-bond donors (Lipinski definition) is 0. The Labute approximate surface area is 77.2 Å². The first-order valence-corrected chi connectivity index (χ1v) is 3.32. The van der Waals surface area contributed by atoms with Gasteiger partial charge in [-0.3, -0.25) is 0 Å². The van der Waals surface area contributed by atoms with Crippen LogP contribution in [0.25, 0.3) is 0 Å². The summed E-state index contributed by atoms with van der Waals surface area (Å²) in [5, 5.41) is 0. The Hall–Kier alpha value is -1.03. The second-order valence-corrected chi connectivity index (χ2v) is 2.57. The summed E-state index contributed by atoms with van der Waals surface area (Å²) >= 11 is 0. The Morgan fingerprint density at radius 1 is 1.50 bits per heavy atom. The monoisotopic (exact) mass is 189 g/mol. The highest BCUT2D eigenvalue weighted by Gasteiger charge is 1.97. The molecular weight excluding hydrogens is 178 g/mol. The van der Waals surface area contributed by atoms with E-state index in [0.29, 0.717) is 5.82 Å². The maximum Gasteiger partial charge on any atom is 0.349 e. The number of nitrogens with zero attached hydrogens (tertiary/aromatic N) is 3. The summed E-state index contributed by atoms with van der Waals surface area (Å²) in [6.45, 7) is 0. The fourth-order valence-electron chi connectivity index (χ4n) is 0.705. The number of rotatable bonds is 1. The van der Waals surface area contributed by atoms with Crippen LogP contribution in [0.4, 0.5) is 5.82 Å². The molecular formula is C7H12ClN3O. The van der Waals surface area contributed by atoms with E-state index in [1.807, 2.05) is 14.1 Å². The molecule has 0 aromatic carbocycles. The minimum Gasteiger partial charge on any atom is -0.363 e.